The van der Waals surface area contributed by atoms with Crippen molar-refractivity contribution in [3.63, 3.8) is 0 Å². The normalized spacial score (nSPS) is 10.2. The Bertz CT molecular complexity index is 663. The SMILES string of the molecule is COC(=O)c1ccc(NC(=O)c2n[nH]c(C)n2)c(C)c1. The van der Waals surface area contributed by atoms with Crippen molar-refractivity contribution in [2.24, 2.45) is 0 Å². The average Bonchev–Trinajstić information content (AvgIpc) is 2.86. The van der Waals surface area contributed by atoms with Crippen molar-refractivity contribution in [1.29, 1.82) is 0 Å². The van der Waals surface area contributed by atoms with E-state index in [0.29, 0.717) is 17.1 Å². The van der Waals surface area contributed by atoms with Gasteiger partial charge in [-0.15, -0.1) is 5.10 Å². The molecule has 0 spiro atoms. The maximum absolute atomic E-state index is 11.9. The third-order valence-corrected chi connectivity index (χ3v) is 2.70. The van der Waals surface area contributed by atoms with E-state index in [9.17, 15) is 9.59 Å². The fourth-order valence-electron chi connectivity index (χ4n) is 1.67. The second-order valence-corrected chi connectivity index (χ2v) is 4.22. The standard InChI is InChI=1S/C13H14N4O3/c1-7-6-9(13(19)20-3)4-5-10(7)15-12(18)11-14-8(2)16-17-11/h4-6H,1-3H3,(H,15,18)(H,14,16,17). The number of rotatable bonds is 3. The average molecular weight is 274 g/mol. The first-order valence-corrected chi connectivity index (χ1v) is 5.90. The third-order valence-electron chi connectivity index (χ3n) is 2.70. The van der Waals surface area contributed by atoms with Crippen molar-refractivity contribution in [3.8, 4) is 0 Å². The van der Waals surface area contributed by atoms with E-state index in [1.165, 1.54) is 7.11 Å². The van der Waals surface area contributed by atoms with Crippen LogP contribution in [0.5, 0.6) is 0 Å². The highest BCUT2D eigenvalue weighted by Crippen LogP contribution is 2.17. The zero-order valence-corrected chi connectivity index (χ0v) is 11.4. The van der Waals surface area contributed by atoms with Crippen LogP contribution in [0.3, 0.4) is 0 Å². The number of nitrogens with one attached hydrogen (secondary N) is 2. The summed E-state index contributed by atoms with van der Waals surface area (Å²) in [6.07, 6.45) is 0. The minimum absolute atomic E-state index is 0.0685. The van der Waals surface area contributed by atoms with Gasteiger partial charge < -0.3 is 10.1 Å². The molecule has 2 rings (SSSR count). The van der Waals surface area contributed by atoms with E-state index in [0.717, 1.165) is 5.56 Å². The van der Waals surface area contributed by atoms with Gasteiger partial charge in [0, 0.05) is 5.69 Å². The number of esters is 1. The first kappa shape index (κ1) is 13.7. The first-order valence-electron chi connectivity index (χ1n) is 5.90. The van der Waals surface area contributed by atoms with E-state index in [1.54, 1.807) is 32.0 Å². The van der Waals surface area contributed by atoms with Crippen LogP contribution >= 0.6 is 0 Å². The molecule has 1 amide bonds. The molecule has 20 heavy (non-hydrogen) atoms. The molecule has 0 aliphatic rings. The summed E-state index contributed by atoms with van der Waals surface area (Å²) in [5.74, 6) is -0.203. The summed E-state index contributed by atoms with van der Waals surface area (Å²) in [5, 5.41) is 9.06. The summed E-state index contributed by atoms with van der Waals surface area (Å²) in [5.41, 5.74) is 1.76. The summed E-state index contributed by atoms with van der Waals surface area (Å²) < 4.78 is 4.63. The summed E-state index contributed by atoms with van der Waals surface area (Å²) >= 11 is 0. The Morgan fingerprint density at radius 2 is 2.05 bits per heavy atom. The summed E-state index contributed by atoms with van der Waals surface area (Å²) in [7, 11) is 1.32. The molecule has 7 heteroatoms. The van der Waals surface area contributed by atoms with Crippen molar-refractivity contribution in [2.45, 2.75) is 13.8 Å². The predicted molar refractivity (Wildman–Crippen MR) is 71.6 cm³/mol. The van der Waals surface area contributed by atoms with E-state index in [2.05, 4.69) is 25.2 Å². The van der Waals surface area contributed by atoms with Gasteiger partial charge in [-0.1, -0.05) is 0 Å². The number of benzene rings is 1. The zero-order valence-electron chi connectivity index (χ0n) is 11.4. The van der Waals surface area contributed by atoms with Crippen molar-refractivity contribution < 1.29 is 14.3 Å². The predicted octanol–water partition coefficient (Wildman–Crippen LogP) is 1.46. The maximum atomic E-state index is 11.9. The summed E-state index contributed by atoms with van der Waals surface area (Å²) in [6.45, 7) is 3.49. The number of nitrogens with zero attached hydrogens (tertiary/aromatic N) is 2. The van der Waals surface area contributed by atoms with Crippen LogP contribution in [-0.4, -0.2) is 34.2 Å². The molecule has 2 aromatic rings. The number of H-pyrrole nitrogens is 1. The Hall–Kier alpha value is -2.70. The van der Waals surface area contributed by atoms with E-state index in [-0.39, 0.29) is 5.82 Å². The fourth-order valence-corrected chi connectivity index (χ4v) is 1.67. The summed E-state index contributed by atoms with van der Waals surface area (Å²) in [4.78, 5) is 27.2. The number of anilines is 1. The van der Waals surface area contributed by atoms with E-state index in [1.807, 2.05) is 0 Å². The highest BCUT2D eigenvalue weighted by Gasteiger charge is 2.13. The van der Waals surface area contributed by atoms with Gasteiger partial charge in [-0.25, -0.2) is 9.78 Å². The molecule has 0 saturated carbocycles. The molecule has 0 atom stereocenters. The topological polar surface area (TPSA) is 97.0 Å². The quantitative estimate of drug-likeness (QED) is 0.826. The zero-order chi connectivity index (χ0) is 14.7. The van der Waals surface area contributed by atoms with Crippen LogP contribution in [0.15, 0.2) is 18.2 Å². The van der Waals surface area contributed by atoms with E-state index < -0.39 is 11.9 Å². The number of hydrogen-bond donors (Lipinski definition) is 2. The van der Waals surface area contributed by atoms with Crippen molar-refractivity contribution >= 4 is 17.6 Å². The first-order chi connectivity index (χ1) is 9.51. The molecule has 1 heterocycles. The number of ether oxygens (including phenoxy) is 1. The van der Waals surface area contributed by atoms with Crippen LogP contribution < -0.4 is 5.32 Å². The van der Waals surface area contributed by atoms with Gasteiger partial charge in [0.25, 0.3) is 5.91 Å². The molecule has 104 valence electrons. The van der Waals surface area contributed by atoms with Crippen LogP contribution in [0.2, 0.25) is 0 Å². The third kappa shape index (κ3) is 2.82. The van der Waals surface area contributed by atoms with Crippen LogP contribution in [0.4, 0.5) is 5.69 Å². The molecule has 0 radical (unpaired) electrons. The van der Waals surface area contributed by atoms with Gasteiger partial charge in [0.05, 0.1) is 12.7 Å². The lowest BCUT2D eigenvalue weighted by molar-refractivity contribution is 0.0600. The molecule has 7 nitrogen and oxygen atoms in total. The Kier molecular flexibility index (Phi) is 3.79. The minimum atomic E-state index is -0.421. The van der Waals surface area contributed by atoms with Crippen LogP contribution in [0.25, 0.3) is 0 Å². The second-order valence-electron chi connectivity index (χ2n) is 4.22. The Labute approximate surface area is 115 Å². The highest BCUT2D eigenvalue weighted by atomic mass is 16.5. The number of aryl methyl sites for hydroxylation is 2. The van der Waals surface area contributed by atoms with Crippen LogP contribution in [0, 0.1) is 13.8 Å². The molecule has 0 saturated heterocycles. The molecular weight excluding hydrogens is 260 g/mol. The molecule has 0 unspecified atom stereocenters. The minimum Gasteiger partial charge on any atom is -0.465 e. The van der Waals surface area contributed by atoms with Gasteiger partial charge in [-0.3, -0.25) is 9.89 Å². The Morgan fingerprint density at radius 1 is 1.30 bits per heavy atom. The number of carbonyl (C=O) groups excluding carboxylic acids is 2. The Morgan fingerprint density at radius 3 is 2.60 bits per heavy atom. The van der Waals surface area contributed by atoms with Gasteiger partial charge in [0.1, 0.15) is 5.82 Å². The lowest BCUT2D eigenvalue weighted by Gasteiger charge is -2.08. The second kappa shape index (κ2) is 5.52. The molecule has 2 N–H and O–H groups in total. The number of hydrogen-bond acceptors (Lipinski definition) is 5. The van der Waals surface area contributed by atoms with Gasteiger partial charge in [0.15, 0.2) is 0 Å². The van der Waals surface area contributed by atoms with Crippen molar-refractivity contribution in [1.82, 2.24) is 15.2 Å². The largest absolute Gasteiger partial charge is 0.465 e. The lowest BCUT2D eigenvalue weighted by atomic mass is 10.1. The molecule has 1 aromatic carbocycles. The lowest BCUT2D eigenvalue weighted by Crippen LogP contribution is -2.15. The highest BCUT2D eigenvalue weighted by molar-refractivity contribution is 6.02. The molecule has 0 aliphatic heterocycles. The molecule has 0 bridgehead atoms. The monoisotopic (exact) mass is 274 g/mol. The summed E-state index contributed by atoms with van der Waals surface area (Å²) in [6, 6.07) is 4.86. The number of carbonyl (C=O) groups is 2. The van der Waals surface area contributed by atoms with Crippen LogP contribution in [-0.2, 0) is 4.74 Å². The number of aromatic amines is 1. The maximum Gasteiger partial charge on any atom is 0.337 e. The number of amides is 1. The molecule has 0 aliphatic carbocycles. The number of aromatic nitrogens is 3. The van der Waals surface area contributed by atoms with Crippen LogP contribution in [0.1, 0.15) is 32.4 Å². The molecule has 0 fully saturated rings. The fraction of sp³-hybridized carbons (Fsp3) is 0.231. The van der Waals surface area contributed by atoms with Crippen molar-refractivity contribution in [3.05, 3.63) is 41.0 Å². The van der Waals surface area contributed by atoms with Gasteiger partial charge in [-0.2, -0.15) is 0 Å². The van der Waals surface area contributed by atoms with Crippen molar-refractivity contribution in [2.75, 3.05) is 12.4 Å². The smallest absolute Gasteiger partial charge is 0.337 e. The number of methoxy groups -OCH3 is 1. The van der Waals surface area contributed by atoms with E-state index >= 15 is 0 Å². The van der Waals surface area contributed by atoms with Gasteiger partial charge in [-0.05, 0) is 37.6 Å². The Balaban J connectivity index is 2.18. The molecule has 1 aromatic heterocycles. The van der Waals surface area contributed by atoms with Gasteiger partial charge in [0.2, 0.25) is 5.82 Å². The van der Waals surface area contributed by atoms with E-state index in [4.69, 9.17) is 0 Å². The molecular formula is C13H14N4O3. The van der Waals surface area contributed by atoms with Gasteiger partial charge >= 0.3 is 5.97 Å².